The molecule has 1 aromatic carbocycles. The Kier molecular flexibility index (Phi) is 5.56. The molecule has 2 fully saturated rings. The van der Waals surface area contributed by atoms with Crippen LogP contribution in [0.2, 0.25) is 0 Å². The van der Waals surface area contributed by atoms with E-state index >= 15 is 0 Å². The van der Waals surface area contributed by atoms with Gasteiger partial charge in [0.1, 0.15) is 0 Å². The van der Waals surface area contributed by atoms with Crippen molar-refractivity contribution in [2.75, 3.05) is 18.4 Å². The number of sulfonamides is 1. The van der Waals surface area contributed by atoms with Crippen molar-refractivity contribution in [3.8, 4) is 0 Å². The molecule has 1 saturated heterocycles. The number of hydrogen-bond acceptors (Lipinski definition) is 3. The summed E-state index contributed by atoms with van der Waals surface area (Å²) in [6, 6.07) is 6.67. The first-order chi connectivity index (χ1) is 11.6. The lowest BCUT2D eigenvalue weighted by Gasteiger charge is -2.20. The van der Waals surface area contributed by atoms with E-state index in [0.717, 1.165) is 51.4 Å². The summed E-state index contributed by atoms with van der Waals surface area (Å²) < 4.78 is 27.3. The lowest BCUT2D eigenvalue weighted by Crippen LogP contribution is -2.32. The largest absolute Gasteiger partial charge is 0.326 e. The fraction of sp³-hybridized carbons (Fsp3) is 0.611. The molecule has 1 aliphatic carbocycles. The van der Waals surface area contributed by atoms with Gasteiger partial charge in [0.05, 0.1) is 4.90 Å². The van der Waals surface area contributed by atoms with Crippen LogP contribution in [0.15, 0.2) is 29.2 Å². The third-order valence-corrected chi connectivity index (χ3v) is 6.92. The first-order valence-corrected chi connectivity index (χ1v) is 10.4. The second-order valence-electron chi connectivity index (χ2n) is 6.82. The van der Waals surface area contributed by atoms with E-state index in [1.54, 1.807) is 28.6 Å². The maximum atomic E-state index is 12.8. The fourth-order valence-electron chi connectivity index (χ4n) is 3.60. The summed E-state index contributed by atoms with van der Waals surface area (Å²) in [7, 11) is -3.48. The molecule has 0 atom stereocenters. The molecule has 0 bridgehead atoms. The number of carbonyl (C=O) groups is 1. The molecule has 1 heterocycles. The van der Waals surface area contributed by atoms with Crippen molar-refractivity contribution in [1.29, 1.82) is 0 Å². The number of nitrogens with zero attached hydrogens (tertiary/aromatic N) is 1. The molecular formula is C18H26N2O3S. The Morgan fingerprint density at radius 2 is 1.67 bits per heavy atom. The van der Waals surface area contributed by atoms with Crippen molar-refractivity contribution in [2.45, 2.75) is 56.3 Å². The van der Waals surface area contributed by atoms with Crippen LogP contribution in [0.5, 0.6) is 0 Å². The van der Waals surface area contributed by atoms with Gasteiger partial charge in [-0.3, -0.25) is 4.79 Å². The molecule has 0 radical (unpaired) electrons. The minimum absolute atomic E-state index is 0.0109. The third kappa shape index (κ3) is 3.98. The first-order valence-electron chi connectivity index (χ1n) is 8.98. The van der Waals surface area contributed by atoms with Crippen molar-refractivity contribution >= 4 is 21.6 Å². The van der Waals surface area contributed by atoms with Crippen LogP contribution in [-0.2, 0) is 14.8 Å². The summed E-state index contributed by atoms with van der Waals surface area (Å²) in [6.07, 6.45) is 8.06. The number of nitrogens with one attached hydrogen (secondary N) is 1. The number of benzene rings is 1. The van der Waals surface area contributed by atoms with Gasteiger partial charge >= 0.3 is 0 Å². The lowest BCUT2D eigenvalue weighted by molar-refractivity contribution is -0.119. The smallest absolute Gasteiger partial charge is 0.243 e. The quantitative estimate of drug-likeness (QED) is 0.905. The van der Waals surface area contributed by atoms with Crippen LogP contribution < -0.4 is 5.32 Å². The third-order valence-electron chi connectivity index (χ3n) is 5.03. The van der Waals surface area contributed by atoms with Crippen LogP contribution in [-0.4, -0.2) is 31.7 Å². The predicted molar refractivity (Wildman–Crippen MR) is 94.3 cm³/mol. The lowest BCUT2D eigenvalue weighted by atomic mass is 10.1. The van der Waals surface area contributed by atoms with Gasteiger partial charge in [-0.2, -0.15) is 4.31 Å². The molecule has 1 aromatic rings. The predicted octanol–water partition coefficient (Wildman–Crippen LogP) is 3.38. The van der Waals surface area contributed by atoms with E-state index in [1.807, 2.05) is 0 Å². The van der Waals surface area contributed by atoms with E-state index in [-0.39, 0.29) is 16.7 Å². The van der Waals surface area contributed by atoms with Crippen molar-refractivity contribution in [3.63, 3.8) is 0 Å². The van der Waals surface area contributed by atoms with E-state index < -0.39 is 10.0 Å². The van der Waals surface area contributed by atoms with Crippen molar-refractivity contribution in [2.24, 2.45) is 5.92 Å². The zero-order valence-electron chi connectivity index (χ0n) is 14.0. The zero-order chi connectivity index (χ0) is 17.0. The Hall–Kier alpha value is -1.40. The first kappa shape index (κ1) is 17.4. The highest BCUT2D eigenvalue weighted by Gasteiger charge is 2.26. The van der Waals surface area contributed by atoms with Gasteiger partial charge in [0.25, 0.3) is 0 Å². The fourth-order valence-corrected chi connectivity index (χ4v) is 5.16. The number of anilines is 1. The van der Waals surface area contributed by atoms with Crippen LogP contribution in [0.3, 0.4) is 0 Å². The number of amides is 1. The molecule has 1 N–H and O–H groups in total. The Morgan fingerprint density at radius 1 is 1.00 bits per heavy atom. The van der Waals surface area contributed by atoms with E-state index in [2.05, 4.69) is 5.32 Å². The van der Waals surface area contributed by atoms with Gasteiger partial charge in [0, 0.05) is 24.7 Å². The standard InChI is InChI=1S/C18H26N2O3S/c21-18(15-8-3-4-9-15)19-16-10-7-11-17(14-16)24(22,23)20-12-5-1-2-6-13-20/h7,10-11,14-15H,1-6,8-9,12-13H2,(H,19,21). The van der Waals surface area contributed by atoms with E-state index in [9.17, 15) is 13.2 Å². The highest BCUT2D eigenvalue weighted by molar-refractivity contribution is 7.89. The SMILES string of the molecule is O=C(Nc1cccc(S(=O)(=O)N2CCCCCC2)c1)C1CCCC1. The topological polar surface area (TPSA) is 66.5 Å². The average Bonchev–Trinajstić information content (AvgIpc) is 2.97. The van der Waals surface area contributed by atoms with Gasteiger partial charge in [0.2, 0.25) is 15.9 Å². The van der Waals surface area contributed by atoms with Gasteiger partial charge in [-0.05, 0) is 43.9 Å². The normalized spacial score (nSPS) is 20.7. The Bertz CT molecular complexity index is 673. The monoisotopic (exact) mass is 350 g/mol. The summed E-state index contributed by atoms with van der Waals surface area (Å²) in [5.74, 6) is 0.0766. The van der Waals surface area contributed by atoms with Crippen LogP contribution in [0.25, 0.3) is 0 Å². The van der Waals surface area contributed by atoms with E-state index in [0.29, 0.717) is 18.8 Å². The molecule has 2 aliphatic rings. The maximum Gasteiger partial charge on any atom is 0.243 e. The second-order valence-corrected chi connectivity index (χ2v) is 8.75. The summed E-state index contributed by atoms with van der Waals surface area (Å²) in [5.41, 5.74) is 0.572. The number of carbonyl (C=O) groups excluding carboxylic acids is 1. The van der Waals surface area contributed by atoms with Crippen molar-refractivity contribution in [3.05, 3.63) is 24.3 Å². The van der Waals surface area contributed by atoms with Gasteiger partial charge in [0.15, 0.2) is 0 Å². The van der Waals surface area contributed by atoms with Gasteiger partial charge in [-0.15, -0.1) is 0 Å². The minimum atomic E-state index is -3.48. The van der Waals surface area contributed by atoms with Crippen LogP contribution in [0.1, 0.15) is 51.4 Å². The number of rotatable bonds is 4. The molecule has 1 saturated carbocycles. The molecule has 5 nitrogen and oxygen atoms in total. The maximum absolute atomic E-state index is 12.8. The molecule has 0 spiro atoms. The zero-order valence-corrected chi connectivity index (χ0v) is 14.9. The molecule has 6 heteroatoms. The van der Waals surface area contributed by atoms with Crippen LogP contribution in [0.4, 0.5) is 5.69 Å². The molecule has 24 heavy (non-hydrogen) atoms. The summed E-state index contributed by atoms with van der Waals surface area (Å²) in [4.78, 5) is 12.5. The minimum Gasteiger partial charge on any atom is -0.326 e. The molecule has 0 aromatic heterocycles. The highest BCUT2D eigenvalue weighted by Crippen LogP contribution is 2.27. The van der Waals surface area contributed by atoms with E-state index in [1.165, 1.54) is 0 Å². The van der Waals surface area contributed by atoms with Crippen LogP contribution in [0, 0.1) is 5.92 Å². The highest BCUT2D eigenvalue weighted by atomic mass is 32.2. The number of hydrogen-bond donors (Lipinski definition) is 1. The van der Waals surface area contributed by atoms with Crippen LogP contribution >= 0.6 is 0 Å². The van der Waals surface area contributed by atoms with Gasteiger partial charge in [-0.25, -0.2) is 8.42 Å². The Morgan fingerprint density at radius 3 is 2.33 bits per heavy atom. The van der Waals surface area contributed by atoms with E-state index in [4.69, 9.17) is 0 Å². The molecule has 1 amide bonds. The summed E-state index contributed by atoms with van der Waals surface area (Å²) in [6.45, 7) is 1.17. The average molecular weight is 350 g/mol. The van der Waals surface area contributed by atoms with Gasteiger partial charge in [-0.1, -0.05) is 31.7 Å². The summed E-state index contributed by atoms with van der Waals surface area (Å²) >= 11 is 0. The van der Waals surface area contributed by atoms with Crippen molar-refractivity contribution in [1.82, 2.24) is 4.31 Å². The summed E-state index contributed by atoms with van der Waals surface area (Å²) in [5, 5.41) is 2.89. The Balaban J connectivity index is 1.75. The van der Waals surface area contributed by atoms with Crippen molar-refractivity contribution < 1.29 is 13.2 Å². The molecule has 0 unspecified atom stereocenters. The molecular weight excluding hydrogens is 324 g/mol. The molecule has 132 valence electrons. The Labute approximate surface area is 144 Å². The molecule has 1 aliphatic heterocycles. The second kappa shape index (κ2) is 7.66. The molecule has 3 rings (SSSR count). The van der Waals surface area contributed by atoms with Gasteiger partial charge < -0.3 is 5.32 Å².